The molecule has 0 bridgehead atoms. The topological polar surface area (TPSA) is 43.4 Å². The zero-order chi connectivity index (χ0) is 11.8. The monoisotopic (exact) mass is 224 g/mol. The van der Waals surface area contributed by atoms with Gasteiger partial charge in [-0.25, -0.2) is 4.98 Å². The molecule has 0 aliphatic carbocycles. The van der Waals surface area contributed by atoms with Gasteiger partial charge in [-0.3, -0.25) is 0 Å². The maximum atomic E-state index is 5.62. The van der Waals surface area contributed by atoms with E-state index in [0.717, 1.165) is 18.7 Å². The molecule has 0 amide bonds. The zero-order valence-corrected chi connectivity index (χ0v) is 10.2. The van der Waals surface area contributed by atoms with Gasteiger partial charge in [0.05, 0.1) is 12.7 Å². The Hall–Kier alpha value is -1.13. The minimum atomic E-state index is 0.146. The fourth-order valence-corrected chi connectivity index (χ4v) is 1.29. The van der Waals surface area contributed by atoms with Gasteiger partial charge in [0.1, 0.15) is 0 Å². The summed E-state index contributed by atoms with van der Waals surface area (Å²) in [6, 6.07) is 3.94. The molecule has 1 aromatic heterocycles. The van der Waals surface area contributed by atoms with Crippen LogP contribution < -0.4 is 10.1 Å². The number of nitrogens with zero attached hydrogens (tertiary/aromatic N) is 1. The molecule has 0 atom stereocenters. The van der Waals surface area contributed by atoms with Crippen LogP contribution in [0.5, 0.6) is 5.88 Å². The second-order valence-electron chi connectivity index (χ2n) is 3.80. The van der Waals surface area contributed by atoms with Crippen molar-refractivity contribution < 1.29 is 9.47 Å². The van der Waals surface area contributed by atoms with Crippen molar-refractivity contribution in [2.75, 3.05) is 20.3 Å². The highest BCUT2D eigenvalue weighted by Crippen LogP contribution is 2.15. The quantitative estimate of drug-likeness (QED) is 0.714. The Morgan fingerprint density at radius 3 is 2.94 bits per heavy atom. The van der Waals surface area contributed by atoms with Gasteiger partial charge in [-0.15, -0.1) is 0 Å². The van der Waals surface area contributed by atoms with Crippen LogP contribution in [0.15, 0.2) is 18.3 Å². The molecule has 0 saturated heterocycles. The summed E-state index contributed by atoms with van der Waals surface area (Å²) < 4.78 is 10.6. The van der Waals surface area contributed by atoms with E-state index in [1.807, 2.05) is 26.0 Å². The van der Waals surface area contributed by atoms with Gasteiger partial charge in [0.25, 0.3) is 0 Å². The molecule has 1 rings (SSSR count). The van der Waals surface area contributed by atoms with E-state index in [2.05, 4.69) is 10.3 Å². The van der Waals surface area contributed by atoms with Crippen LogP contribution in [0.25, 0.3) is 0 Å². The van der Waals surface area contributed by atoms with Crippen LogP contribution in [-0.2, 0) is 11.3 Å². The Morgan fingerprint density at radius 1 is 1.44 bits per heavy atom. The SMILES string of the molecule is COCCNCc1cccnc1OC(C)C. The van der Waals surface area contributed by atoms with Crippen LogP contribution in [0.4, 0.5) is 0 Å². The first kappa shape index (κ1) is 12.9. The molecule has 0 aromatic carbocycles. The van der Waals surface area contributed by atoms with E-state index in [1.54, 1.807) is 13.3 Å². The van der Waals surface area contributed by atoms with Crippen molar-refractivity contribution in [3.05, 3.63) is 23.9 Å². The van der Waals surface area contributed by atoms with Crippen molar-refractivity contribution in [3.63, 3.8) is 0 Å². The average Bonchev–Trinajstić information content (AvgIpc) is 2.26. The number of methoxy groups -OCH3 is 1. The lowest BCUT2D eigenvalue weighted by molar-refractivity contribution is 0.198. The van der Waals surface area contributed by atoms with Crippen molar-refractivity contribution in [1.29, 1.82) is 0 Å². The van der Waals surface area contributed by atoms with Crippen LogP contribution in [0.3, 0.4) is 0 Å². The molecule has 1 N–H and O–H groups in total. The number of hydrogen-bond donors (Lipinski definition) is 1. The average molecular weight is 224 g/mol. The smallest absolute Gasteiger partial charge is 0.218 e. The Labute approximate surface area is 97.0 Å². The second-order valence-corrected chi connectivity index (χ2v) is 3.80. The molecule has 1 heterocycles. The van der Waals surface area contributed by atoms with Gasteiger partial charge in [-0.2, -0.15) is 0 Å². The van der Waals surface area contributed by atoms with Crippen LogP contribution in [-0.4, -0.2) is 31.3 Å². The lowest BCUT2D eigenvalue weighted by Crippen LogP contribution is -2.19. The summed E-state index contributed by atoms with van der Waals surface area (Å²) in [5, 5.41) is 3.27. The lowest BCUT2D eigenvalue weighted by atomic mass is 10.2. The van der Waals surface area contributed by atoms with E-state index in [0.29, 0.717) is 12.5 Å². The maximum absolute atomic E-state index is 5.62. The van der Waals surface area contributed by atoms with Gasteiger partial charge in [0.2, 0.25) is 5.88 Å². The minimum Gasteiger partial charge on any atom is -0.475 e. The number of ether oxygens (including phenoxy) is 2. The number of pyridine rings is 1. The third-order valence-corrected chi connectivity index (χ3v) is 2.00. The Bertz CT molecular complexity index is 303. The van der Waals surface area contributed by atoms with E-state index >= 15 is 0 Å². The van der Waals surface area contributed by atoms with Crippen molar-refractivity contribution in [2.45, 2.75) is 26.5 Å². The minimum absolute atomic E-state index is 0.146. The third-order valence-electron chi connectivity index (χ3n) is 2.00. The fraction of sp³-hybridized carbons (Fsp3) is 0.583. The van der Waals surface area contributed by atoms with Gasteiger partial charge in [0, 0.05) is 32.0 Å². The molecule has 16 heavy (non-hydrogen) atoms. The highest BCUT2D eigenvalue weighted by molar-refractivity contribution is 5.25. The summed E-state index contributed by atoms with van der Waals surface area (Å²) in [5.74, 6) is 0.711. The molecule has 4 nitrogen and oxygen atoms in total. The molecule has 0 spiro atoms. The van der Waals surface area contributed by atoms with Crippen LogP contribution in [0, 0.1) is 0 Å². The van der Waals surface area contributed by atoms with E-state index in [9.17, 15) is 0 Å². The van der Waals surface area contributed by atoms with Gasteiger partial charge in [0.15, 0.2) is 0 Å². The molecular weight excluding hydrogens is 204 g/mol. The molecule has 0 saturated carbocycles. The Kier molecular flexibility index (Phi) is 5.82. The Balaban J connectivity index is 2.50. The molecule has 90 valence electrons. The van der Waals surface area contributed by atoms with Crippen LogP contribution in [0.2, 0.25) is 0 Å². The predicted molar refractivity (Wildman–Crippen MR) is 63.6 cm³/mol. The van der Waals surface area contributed by atoms with Gasteiger partial charge in [-0.05, 0) is 19.9 Å². The highest BCUT2D eigenvalue weighted by atomic mass is 16.5. The Morgan fingerprint density at radius 2 is 2.25 bits per heavy atom. The van der Waals surface area contributed by atoms with Crippen molar-refractivity contribution in [3.8, 4) is 5.88 Å². The van der Waals surface area contributed by atoms with Crippen molar-refractivity contribution in [1.82, 2.24) is 10.3 Å². The van der Waals surface area contributed by atoms with E-state index < -0.39 is 0 Å². The summed E-state index contributed by atoms with van der Waals surface area (Å²) in [4.78, 5) is 4.22. The molecule has 4 heteroatoms. The summed E-state index contributed by atoms with van der Waals surface area (Å²) in [6.45, 7) is 6.28. The number of rotatable bonds is 7. The third kappa shape index (κ3) is 4.59. The predicted octanol–water partition coefficient (Wildman–Crippen LogP) is 1.60. The van der Waals surface area contributed by atoms with Crippen molar-refractivity contribution in [2.24, 2.45) is 0 Å². The molecule has 0 aliphatic heterocycles. The standard InChI is InChI=1S/C12H20N2O2/c1-10(2)16-12-11(5-4-6-14-12)9-13-7-8-15-3/h4-6,10,13H,7-9H2,1-3H3. The van der Waals surface area contributed by atoms with Crippen LogP contribution in [0.1, 0.15) is 19.4 Å². The summed E-state index contributed by atoms with van der Waals surface area (Å²) >= 11 is 0. The van der Waals surface area contributed by atoms with E-state index in [-0.39, 0.29) is 6.10 Å². The number of aromatic nitrogens is 1. The molecular formula is C12H20N2O2. The van der Waals surface area contributed by atoms with Crippen LogP contribution >= 0.6 is 0 Å². The molecule has 0 radical (unpaired) electrons. The van der Waals surface area contributed by atoms with E-state index in [1.165, 1.54) is 0 Å². The fourth-order valence-electron chi connectivity index (χ4n) is 1.29. The highest BCUT2D eigenvalue weighted by Gasteiger charge is 2.05. The van der Waals surface area contributed by atoms with E-state index in [4.69, 9.17) is 9.47 Å². The zero-order valence-electron chi connectivity index (χ0n) is 10.2. The summed E-state index contributed by atoms with van der Waals surface area (Å²) in [6.07, 6.45) is 1.89. The number of nitrogens with one attached hydrogen (secondary N) is 1. The van der Waals surface area contributed by atoms with Crippen molar-refractivity contribution >= 4 is 0 Å². The largest absolute Gasteiger partial charge is 0.475 e. The lowest BCUT2D eigenvalue weighted by Gasteiger charge is -2.13. The van der Waals surface area contributed by atoms with Gasteiger partial charge < -0.3 is 14.8 Å². The first-order chi connectivity index (χ1) is 7.74. The second kappa shape index (κ2) is 7.19. The van der Waals surface area contributed by atoms with Gasteiger partial charge >= 0.3 is 0 Å². The van der Waals surface area contributed by atoms with Gasteiger partial charge in [-0.1, -0.05) is 6.07 Å². The first-order valence-electron chi connectivity index (χ1n) is 5.54. The summed E-state index contributed by atoms with van der Waals surface area (Å²) in [5.41, 5.74) is 1.08. The normalized spacial score (nSPS) is 10.8. The first-order valence-corrected chi connectivity index (χ1v) is 5.54. The maximum Gasteiger partial charge on any atom is 0.218 e. The molecule has 0 aliphatic rings. The molecule has 0 unspecified atom stereocenters. The molecule has 1 aromatic rings. The number of hydrogen-bond acceptors (Lipinski definition) is 4. The summed E-state index contributed by atoms with van der Waals surface area (Å²) in [7, 11) is 1.69. The molecule has 0 fully saturated rings.